The number of nitrogens with one attached hydrogen (secondary N) is 1. The smallest absolute Gasteiger partial charge is 0.422 e. The molecular formula is C20H22F3N3O4. The average Bonchev–Trinajstić information content (AvgIpc) is 3.42. The molecule has 162 valence electrons. The number of rotatable bonds is 7. The number of nitrogens with zero attached hydrogens (tertiary/aromatic N) is 2. The minimum atomic E-state index is -4.46. The first-order valence-corrected chi connectivity index (χ1v) is 9.67. The summed E-state index contributed by atoms with van der Waals surface area (Å²) in [6.07, 6.45) is -2.67. The number of hydrogen-bond donors (Lipinski definition) is 1. The first-order chi connectivity index (χ1) is 14.1. The van der Waals surface area contributed by atoms with Gasteiger partial charge in [0, 0.05) is 17.9 Å². The molecule has 7 nitrogen and oxygen atoms in total. The minimum absolute atomic E-state index is 0.0904. The molecule has 1 aliphatic heterocycles. The van der Waals surface area contributed by atoms with Crippen LogP contribution in [-0.2, 0) is 4.74 Å². The number of aromatic nitrogens is 2. The molecule has 1 aromatic heterocycles. The second-order valence-electron chi connectivity index (χ2n) is 8.16. The number of aryl methyl sites for hydroxylation is 1. The minimum Gasteiger partial charge on any atom is -0.484 e. The Hall–Kier alpha value is -2.62. The molecule has 1 N–H and O–H groups in total. The van der Waals surface area contributed by atoms with E-state index in [1.54, 1.807) is 19.1 Å². The lowest BCUT2D eigenvalue weighted by atomic mass is 9.79. The molecule has 2 fully saturated rings. The van der Waals surface area contributed by atoms with Crippen molar-refractivity contribution in [2.45, 2.75) is 44.8 Å². The summed E-state index contributed by atoms with van der Waals surface area (Å²) in [7, 11) is 0. The standard InChI is InChI=1S/C20H22F3N3O4/c1-11-24-17(26-30-11)16(19(2)8-28-9-19)25-18(27)13-5-6-14(12-3-4-12)15(7-13)29-10-20(21,22)23/h5-7,12,16H,3-4,8-10H2,1-2H3,(H,25,27). The van der Waals surface area contributed by atoms with E-state index >= 15 is 0 Å². The molecule has 0 bridgehead atoms. The van der Waals surface area contributed by atoms with E-state index in [9.17, 15) is 18.0 Å². The van der Waals surface area contributed by atoms with Crippen molar-refractivity contribution in [3.8, 4) is 5.75 Å². The van der Waals surface area contributed by atoms with Crippen LogP contribution in [-0.4, -0.2) is 42.0 Å². The fraction of sp³-hybridized carbons (Fsp3) is 0.550. The molecule has 1 saturated heterocycles. The van der Waals surface area contributed by atoms with Crippen LogP contribution in [0.15, 0.2) is 22.7 Å². The van der Waals surface area contributed by atoms with E-state index in [1.807, 2.05) is 6.92 Å². The van der Waals surface area contributed by atoms with Gasteiger partial charge in [-0.3, -0.25) is 4.79 Å². The van der Waals surface area contributed by atoms with Crippen LogP contribution in [0.5, 0.6) is 5.75 Å². The Labute approximate surface area is 170 Å². The van der Waals surface area contributed by atoms with Gasteiger partial charge in [-0.25, -0.2) is 0 Å². The van der Waals surface area contributed by atoms with Crippen molar-refractivity contribution >= 4 is 5.91 Å². The SMILES string of the molecule is Cc1nc(C(NC(=O)c2ccc(C3CC3)c(OCC(F)(F)F)c2)C2(C)COC2)no1. The summed E-state index contributed by atoms with van der Waals surface area (Å²) in [6.45, 7) is 2.99. The number of carbonyl (C=O) groups excluding carboxylic acids is 1. The highest BCUT2D eigenvalue weighted by molar-refractivity contribution is 5.95. The van der Waals surface area contributed by atoms with Gasteiger partial charge in [0.25, 0.3) is 5.91 Å². The van der Waals surface area contributed by atoms with Crippen molar-refractivity contribution in [3.63, 3.8) is 0 Å². The van der Waals surface area contributed by atoms with Crippen LogP contribution in [0.3, 0.4) is 0 Å². The summed E-state index contributed by atoms with van der Waals surface area (Å²) in [6, 6.07) is 4.06. The van der Waals surface area contributed by atoms with Crippen molar-refractivity contribution in [1.82, 2.24) is 15.5 Å². The average molecular weight is 425 g/mol. The van der Waals surface area contributed by atoms with Crippen LogP contribution in [0.25, 0.3) is 0 Å². The number of alkyl halides is 3. The molecule has 2 aromatic rings. The maximum atomic E-state index is 13.0. The summed E-state index contributed by atoms with van der Waals surface area (Å²) in [5.74, 6) is 0.494. The molecule has 1 saturated carbocycles. The second-order valence-corrected chi connectivity index (χ2v) is 8.16. The molecule has 1 atom stereocenters. The van der Waals surface area contributed by atoms with Gasteiger partial charge in [0.05, 0.1) is 13.2 Å². The Bertz CT molecular complexity index is 936. The molecule has 0 spiro atoms. The molecule has 2 heterocycles. The monoisotopic (exact) mass is 425 g/mol. The number of hydrogen-bond acceptors (Lipinski definition) is 6. The van der Waals surface area contributed by atoms with Gasteiger partial charge < -0.3 is 19.3 Å². The Morgan fingerprint density at radius 2 is 2.10 bits per heavy atom. The lowest BCUT2D eigenvalue weighted by Gasteiger charge is -2.43. The lowest BCUT2D eigenvalue weighted by molar-refractivity contribution is -0.153. The molecule has 0 radical (unpaired) electrons. The van der Waals surface area contributed by atoms with Gasteiger partial charge in [-0.2, -0.15) is 18.2 Å². The Balaban J connectivity index is 1.57. The van der Waals surface area contributed by atoms with E-state index in [1.165, 1.54) is 6.07 Å². The lowest BCUT2D eigenvalue weighted by Crippen LogP contribution is -2.51. The van der Waals surface area contributed by atoms with Crippen molar-refractivity contribution in [1.29, 1.82) is 0 Å². The molecule has 1 amide bonds. The molecule has 1 aromatic carbocycles. The van der Waals surface area contributed by atoms with Gasteiger partial charge >= 0.3 is 6.18 Å². The molecule has 2 aliphatic rings. The zero-order valence-electron chi connectivity index (χ0n) is 16.6. The van der Waals surface area contributed by atoms with Gasteiger partial charge in [-0.15, -0.1) is 0 Å². The van der Waals surface area contributed by atoms with E-state index in [4.69, 9.17) is 14.0 Å². The van der Waals surface area contributed by atoms with Gasteiger partial charge in [0.1, 0.15) is 11.8 Å². The number of ether oxygens (including phenoxy) is 2. The number of carbonyl (C=O) groups is 1. The molecule has 1 unspecified atom stereocenters. The number of amides is 1. The number of benzene rings is 1. The van der Waals surface area contributed by atoms with Crippen LogP contribution in [0.2, 0.25) is 0 Å². The van der Waals surface area contributed by atoms with Crippen molar-refractivity contribution in [2.24, 2.45) is 5.41 Å². The van der Waals surface area contributed by atoms with Crippen LogP contribution < -0.4 is 10.1 Å². The van der Waals surface area contributed by atoms with Gasteiger partial charge in [-0.1, -0.05) is 18.1 Å². The van der Waals surface area contributed by atoms with Gasteiger partial charge in [0.2, 0.25) is 5.89 Å². The second kappa shape index (κ2) is 7.57. The van der Waals surface area contributed by atoms with Crippen molar-refractivity contribution in [3.05, 3.63) is 41.0 Å². The fourth-order valence-electron chi connectivity index (χ4n) is 3.48. The van der Waals surface area contributed by atoms with E-state index in [0.717, 1.165) is 12.8 Å². The zero-order chi connectivity index (χ0) is 21.5. The molecule has 4 rings (SSSR count). The Morgan fingerprint density at radius 1 is 1.37 bits per heavy atom. The normalized spacial score (nSPS) is 19.1. The summed E-state index contributed by atoms with van der Waals surface area (Å²) < 4.78 is 53.3. The Kier molecular flexibility index (Phi) is 5.21. The van der Waals surface area contributed by atoms with Crippen LogP contribution in [0, 0.1) is 12.3 Å². The number of halogens is 3. The summed E-state index contributed by atoms with van der Waals surface area (Å²) in [4.78, 5) is 17.2. The van der Waals surface area contributed by atoms with Gasteiger partial charge in [-0.05, 0) is 36.5 Å². The van der Waals surface area contributed by atoms with E-state index < -0.39 is 30.1 Å². The largest absolute Gasteiger partial charge is 0.484 e. The highest BCUT2D eigenvalue weighted by Gasteiger charge is 2.45. The van der Waals surface area contributed by atoms with Crippen LogP contribution in [0.4, 0.5) is 13.2 Å². The third-order valence-corrected chi connectivity index (χ3v) is 5.32. The van der Waals surface area contributed by atoms with Gasteiger partial charge in [0.15, 0.2) is 12.4 Å². The van der Waals surface area contributed by atoms with E-state index in [-0.39, 0.29) is 17.2 Å². The third-order valence-electron chi connectivity index (χ3n) is 5.32. The maximum absolute atomic E-state index is 13.0. The van der Waals surface area contributed by atoms with E-state index in [2.05, 4.69) is 15.5 Å². The summed E-state index contributed by atoms with van der Waals surface area (Å²) in [5, 5.41) is 6.81. The molecular weight excluding hydrogens is 403 g/mol. The van der Waals surface area contributed by atoms with Crippen LogP contribution in [0.1, 0.15) is 59.4 Å². The zero-order valence-corrected chi connectivity index (χ0v) is 16.6. The predicted molar refractivity (Wildman–Crippen MR) is 98.1 cm³/mol. The highest BCUT2D eigenvalue weighted by Crippen LogP contribution is 2.45. The first-order valence-electron chi connectivity index (χ1n) is 9.67. The molecule has 30 heavy (non-hydrogen) atoms. The fourth-order valence-corrected chi connectivity index (χ4v) is 3.48. The summed E-state index contributed by atoms with van der Waals surface area (Å²) >= 11 is 0. The quantitative estimate of drug-likeness (QED) is 0.728. The first kappa shape index (κ1) is 20.6. The highest BCUT2D eigenvalue weighted by atomic mass is 19.4. The Morgan fingerprint density at radius 3 is 2.63 bits per heavy atom. The maximum Gasteiger partial charge on any atom is 0.422 e. The van der Waals surface area contributed by atoms with Crippen LogP contribution >= 0.6 is 0 Å². The van der Waals surface area contributed by atoms with Crippen molar-refractivity contribution < 1.29 is 32.0 Å². The van der Waals surface area contributed by atoms with Crippen molar-refractivity contribution in [2.75, 3.05) is 19.8 Å². The third kappa shape index (κ3) is 4.43. The topological polar surface area (TPSA) is 86.5 Å². The molecule has 1 aliphatic carbocycles. The van der Waals surface area contributed by atoms with E-state index in [0.29, 0.717) is 30.5 Å². The summed E-state index contributed by atoms with van der Waals surface area (Å²) in [5.41, 5.74) is 0.473. The predicted octanol–water partition coefficient (Wildman–Crippen LogP) is 3.70. The molecule has 10 heteroatoms.